The molecule has 0 spiro atoms. The Morgan fingerprint density at radius 3 is 2.31 bits per heavy atom. The number of phenolic OH excluding ortho intramolecular Hbond substituents is 3. The van der Waals surface area contributed by atoms with Gasteiger partial charge in [-0.25, -0.2) is 4.79 Å². The van der Waals surface area contributed by atoms with Crippen molar-refractivity contribution in [2.24, 2.45) is 0 Å². The van der Waals surface area contributed by atoms with Gasteiger partial charge in [-0.2, -0.15) is 0 Å². The minimum Gasteiger partial charge on any atom is -0.507 e. The standard InChI is InChI=1S/C11H10O5/c1-4-5(2)11(15)16-10-8(4)6(12)3-7(13)9(10)14/h3,12-14H,1-2H3. The predicted molar refractivity (Wildman–Crippen MR) is 57.0 cm³/mol. The van der Waals surface area contributed by atoms with E-state index in [0.29, 0.717) is 11.1 Å². The van der Waals surface area contributed by atoms with E-state index in [1.807, 2.05) is 0 Å². The van der Waals surface area contributed by atoms with E-state index in [0.717, 1.165) is 6.07 Å². The third kappa shape index (κ3) is 1.21. The van der Waals surface area contributed by atoms with E-state index in [4.69, 9.17) is 4.42 Å². The Labute approximate surface area is 90.2 Å². The molecule has 0 atom stereocenters. The number of fused-ring (bicyclic) bond motifs is 1. The van der Waals surface area contributed by atoms with Crippen molar-refractivity contribution in [2.45, 2.75) is 13.8 Å². The van der Waals surface area contributed by atoms with Crippen LogP contribution in [0.25, 0.3) is 11.0 Å². The highest BCUT2D eigenvalue weighted by atomic mass is 16.4. The molecule has 5 nitrogen and oxygen atoms in total. The van der Waals surface area contributed by atoms with Crippen LogP contribution in [0.5, 0.6) is 17.2 Å². The zero-order valence-electron chi connectivity index (χ0n) is 8.74. The fourth-order valence-corrected chi connectivity index (χ4v) is 1.59. The maximum absolute atomic E-state index is 11.4. The van der Waals surface area contributed by atoms with Crippen molar-refractivity contribution in [2.75, 3.05) is 0 Å². The summed E-state index contributed by atoms with van der Waals surface area (Å²) in [6, 6.07) is 1.00. The van der Waals surface area contributed by atoms with E-state index in [1.54, 1.807) is 13.8 Å². The first-order valence-corrected chi connectivity index (χ1v) is 4.61. The second kappa shape index (κ2) is 3.16. The van der Waals surface area contributed by atoms with Crippen LogP contribution in [0.1, 0.15) is 11.1 Å². The third-order valence-electron chi connectivity index (χ3n) is 2.65. The van der Waals surface area contributed by atoms with Crippen LogP contribution in [-0.4, -0.2) is 15.3 Å². The first-order chi connectivity index (χ1) is 7.43. The van der Waals surface area contributed by atoms with Crippen molar-refractivity contribution in [1.29, 1.82) is 0 Å². The zero-order chi connectivity index (χ0) is 12.0. The average molecular weight is 222 g/mol. The maximum atomic E-state index is 11.4. The summed E-state index contributed by atoms with van der Waals surface area (Å²) < 4.78 is 4.84. The van der Waals surface area contributed by atoms with Crippen molar-refractivity contribution in [3.05, 3.63) is 27.6 Å². The summed E-state index contributed by atoms with van der Waals surface area (Å²) >= 11 is 0. The number of rotatable bonds is 0. The Morgan fingerprint density at radius 1 is 1.06 bits per heavy atom. The summed E-state index contributed by atoms with van der Waals surface area (Å²) in [5.74, 6) is -1.32. The van der Waals surface area contributed by atoms with Crippen LogP contribution in [0, 0.1) is 13.8 Å². The van der Waals surface area contributed by atoms with Crippen LogP contribution in [0.2, 0.25) is 0 Å². The summed E-state index contributed by atoms with van der Waals surface area (Å²) in [4.78, 5) is 11.4. The molecular weight excluding hydrogens is 212 g/mol. The van der Waals surface area contributed by atoms with Crippen molar-refractivity contribution in [3.8, 4) is 17.2 Å². The Kier molecular flexibility index (Phi) is 2.05. The minimum absolute atomic E-state index is 0.203. The van der Waals surface area contributed by atoms with Crippen molar-refractivity contribution in [3.63, 3.8) is 0 Å². The summed E-state index contributed by atoms with van der Waals surface area (Å²) in [6.45, 7) is 3.19. The van der Waals surface area contributed by atoms with Gasteiger partial charge in [0.05, 0.1) is 5.39 Å². The summed E-state index contributed by atoms with van der Waals surface area (Å²) in [5, 5.41) is 28.7. The van der Waals surface area contributed by atoms with Gasteiger partial charge in [-0.05, 0) is 19.4 Å². The van der Waals surface area contributed by atoms with Crippen LogP contribution < -0.4 is 5.63 Å². The lowest BCUT2D eigenvalue weighted by Crippen LogP contribution is -2.05. The predicted octanol–water partition coefficient (Wildman–Crippen LogP) is 1.53. The molecule has 2 rings (SSSR count). The summed E-state index contributed by atoms with van der Waals surface area (Å²) in [7, 11) is 0. The summed E-state index contributed by atoms with van der Waals surface area (Å²) in [5.41, 5.74) is 0.0582. The van der Waals surface area contributed by atoms with E-state index in [1.165, 1.54) is 0 Å². The molecule has 2 aromatic rings. The molecule has 0 unspecified atom stereocenters. The van der Waals surface area contributed by atoms with Gasteiger partial charge in [0.2, 0.25) is 5.75 Å². The number of benzene rings is 1. The van der Waals surface area contributed by atoms with E-state index in [-0.39, 0.29) is 16.7 Å². The smallest absolute Gasteiger partial charge is 0.339 e. The van der Waals surface area contributed by atoms with Crippen molar-refractivity contribution in [1.82, 2.24) is 0 Å². The van der Waals surface area contributed by atoms with Gasteiger partial charge in [0.15, 0.2) is 11.3 Å². The molecule has 0 fully saturated rings. The highest BCUT2D eigenvalue weighted by Crippen LogP contribution is 2.40. The molecule has 0 aliphatic heterocycles. The molecule has 0 aliphatic rings. The second-order valence-corrected chi connectivity index (χ2v) is 3.61. The van der Waals surface area contributed by atoms with Crippen molar-refractivity contribution >= 4 is 11.0 Å². The first kappa shape index (κ1) is 10.4. The molecule has 84 valence electrons. The molecule has 16 heavy (non-hydrogen) atoms. The highest BCUT2D eigenvalue weighted by Gasteiger charge is 2.17. The van der Waals surface area contributed by atoms with Gasteiger partial charge in [0, 0.05) is 11.6 Å². The Bertz CT molecular complexity index is 639. The molecule has 0 radical (unpaired) electrons. The molecule has 0 saturated heterocycles. The van der Waals surface area contributed by atoms with Gasteiger partial charge < -0.3 is 19.7 Å². The van der Waals surface area contributed by atoms with Crippen LogP contribution in [0.3, 0.4) is 0 Å². The van der Waals surface area contributed by atoms with Crippen LogP contribution in [0.15, 0.2) is 15.3 Å². The number of phenols is 3. The van der Waals surface area contributed by atoms with Crippen LogP contribution in [0.4, 0.5) is 0 Å². The van der Waals surface area contributed by atoms with Crippen LogP contribution >= 0.6 is 0 Å². The Balaban J connectivity index is 3.13. The topological polar surface area (TPSA) is 90.9 Å². The molecule has 1 aromatic carbocycles. The molecule has 0 saturated carbocycles. The lowest BCUT2D eigenvalue weighted by Gasteiger charge is -2.08. The fourth-order valence-electron chi connectivity index (χ4n) is 1.59. The van der Waals surface area contributed by atoms with Crippen molar-refractivity contribution < 1.29 is 19.7 Å². The minimum atomic E-state index is -0.606. The van der Waals surface area contributed by atoms with E-state index < -0.39 is 17.1 Å². The molecule has 0 bridgehead atoms. The largest absolute Gasteiger partial charge is 0.507 e. The average Bonchev–Trinajstić information content (AvgIpc) is 2.22. The van der Waals surface area contributed by atoms with Gasteiger partial charge >= 0.3 is 5.63 Å². The molecule has 5 heteroatoms. The van der Waals surface area contributed by atoms with Gasteiger partial charge in [0.25, 0.3) is 0 Å². The van der Waals surface area contributed by atoms with Crippen LogP contribution in [-0.2, 0) is 0 Å². The molecule has 1 heterocycles. The number of hydrogen-bond donors (Lipinski definition) is 3. The molecule has 0 aliphatic carbocycles. The zero-order valence-corrected chi connectivity index (χ0v) is 8.74. The molecule has 3 N–H and O–H groups in total. The van der Waals surface area contributed by atoms with Gasteiger partial charge in [-0.1, -0.05) is 0 Å². The highest BCUT2D eigenvalue weighted by molar-refractivity contribution is 5.93. The first-order valence-electron chi connectivity index (χ1n) is 4.61. The van der Waals surface area contributed by atoms with Gasteiger partial charge in [-0.3, -0.25) is 0 Å². The second-order valence-electron chi connectivity index (χ2n) is 3.61. The number of aromatic hydroxyl groups is 3. The molecule has 1 aromatic heterocycles. The Morgan fingerprint density at radius 2 is 1.69 bits per heavy atom. The molecular formula is C11H10O5. The lowest BCUT2D eigenvalue weighted by atomic mass is 10.1. The normalized spacial score (nSPS) is 10.9. The quantitative estimate of drug-likeness (QED) is 0.357. The SMILES string of the molecule is Cc1c(C)c2c(O)cc(O)c(O)c2oc1=O. The maximum Gasteiger partial charge on any atom is 0.339 e. The summed E-state index contributed by atoms with van der Waals surface area (Å²) in [6.07, 6.45) is 0. The van der Waals surface area contributed by atoms with Gasteiger partial charge in [0.1, 0.15) is 5.75 Å². The fraction of sp³-hybridized carbons (Fsp3) is 0.182. The van der Waals surface area contributed by atoms with E-state index in [9.17, 15) is 20.1 Å². The number of aryl methyl sites for hydroxylation is 1. The van der Waals surface area contributed by atoms with E-state index >= 15 is 0 Å². The monoisotopic (exact) mass is 222 g/mol. The van der Waals surface area contributed by atoms with E-state index in [2.05, 4.69) is 0 Å². The Hall–Kier alpha value is -2.17. The third-order valence-corrected chi connectivity index (χ3v) is 2.65. The molecule has 0 amide bonds. The lowest BCUT2D eigenvalue weighted by molar-refractivity contribution is 0.391. The number of hydrogen-bond acceptors (Lipinski definition) is 5. The van der Waals surface area contributed by atoms with Gasteiger partial charge in [-0.15, -0.1) is 0 Å².